The van der Waals surface area contributed by atoms with Crippen LogP contribution in [0.5, 0.6) is 0 Å². The zero-order chi connectivity index (χ0) is 22.6. The SMILES string of the molecule is CO.Clc1ccccc1.O=C(NC1CCCCC1)C1=NN(c2ccc(Cl)cc2Cl)CC1. The van der Waals surface area contributed by atoms with Gasteiger partial charge in [-0.1, -0.05) is 72.3 Å². The quantitative estimate of drug-likeness (QED) is 0.565. The Kier molecular flexibility index (Phi) is 11.2. The molecule has 1 aliphatic carbocycles. The average molecular weight is 485 g/mol. The first-order chi connectivity index (χ1) is 15.0. The molecule has 0 bridgehead atoms. The van der Waals surface area contributed by atoms with Crippen LogP contribution < -0.4 is 10.3 Å². The van der Waals surface area contributed by atoms with Crippen LogP contribution in [0, 0.1) is 0 Å². The van der Waals surface area contributed by atoms with Gasteiger partial charge >= 0.3 is 0 Å². The van der Waals surface area contributed by atoms with Gasteiger partial charge in [0.05, 0.1) is 10.7 Å². The number of halogens is 3. The summed E-state index contributed by atoms with van der Waals surface area (Å²) < 4.78 is 0. The number of hydrogen-bond donors (Lipinski definition) is 2. The molecule has 0 unspecified atom stereocenters. The van der Waals surface area contributed by atoms with Gasteiger partial charge in [0.15, 0.2) is 0 Å². The number of aliphatic hydroxyl groups is 1. The van der Waals surface area contributed by atoms with Gasteiger partial charge in [0.2, 0.25) is 0 Å². The van der Waals surface area contributed by atoms with Crippen molar-refractivity contribution in [2.24, 2.45) is 5.10 Å². The second-order valence-electron chi connectivity index (χ2n) is 7.12. The molecular formula is C23H28Cl3N3O2. The highest BCUT2D eigenvalue weighted by atomic mass is 35.5. The predicted octanol–water partition coefficient (Wildman–Crippen LogP) is 5.96. The van der Waals surface area contributed by atoms with E-state index in [2.05, 4.69) is 10.4 Å². The monoisotopic (exact) mass is 483 g/mol. The highest BCUT2D eigenvalue weighted by Gasteiger charge is 2.25. The zero-order valence-electron chi connectivity index (χ0n) is 17.5. The third kappa shape index (κ3) is 8.34. The van der Waals surface area contributed by atoms with Crippen LogP contribution in [-0.4, -0.2) is 36.4 Å². The lowest BCUT2D eigenvalue weighted by Gasteiger charge is -2.22. The van der Waals surface area contributed by atoms with Gasteiger partial charge < -0.3 is 10.4 Å². The van der Waals surface area contributed by atoms with Crippen molar-refractivity contribution in [1.82, 2.24) is 5.32 Å². The number of hydrazone groups is 1. The maximum atomic E-state index is 12.3. The predicted molar refractivity (Wildman–Crippen MR) is 130 cm³/mol. The summed E-state index contributed by atoms with van der Waals surface area (Å²) in [5, 5.41) is 18.2. The van der Waals surface area contributed by atoms with Crippen LogP contribution in [0.4, 0.5) is 5.69 Å². The summed E-state index contributed by atoms with van der Waals surface area (Å²) >= 11 is 17.6. The first kappa shape index (κ1) is 25.5. The van der Waals surface area contributed by atoms with Crippen molar-refractivity contribution in [2.45, 2.75) is 44.6 Å². The second-order valence-corrected chi connectivity index (χ2v) is 8.40. The van der Waals surface area contributed by atoms with E-state index in [1.807, 2.05) is 36.4 Å². The lowest BCUT2D eigenvalue weighted by atomic mass is 9.95. The molecule has 1 heterocycles. The van der Waals surface area contributed by atoms with Crippen molar-refractivity contribution in [3.05, 3.63) is 63.6 Å². The van der Waals surface area contributed by atoms with E-state index in [4.69, 9.17) is 39.9 Å². The van der Waals surface area contributed by atoms with Crippen molar-refractivity contribution in [1.29, 1.82) is 0 Å². The number of carbonyl (C=O) groups is 1. The number of benzene rings is 2. The Labute approximate surface area is 199 Å². The molecule has 0 atom stereocenters. The highest BCUT2D eigenvalue weighted by molar-refractivity contribution is 6.40. The van der Waals surface area contributed by atoms with Crippen LogP contribution in [-0.2, 0) is 4.79 Å². The van der Waals surface area contributed by atoms with E-state index in [0.717, 1.165) is 30.7 Å². The van der Waals surface area contributed by atoms with Crippen LogP contribution in [0.25, 0.3) is 0 Å². The Morgan fingerprint density at radius 2 is 1.68 bits per heavy atom. The number of carbonyl (C=O) groups excluding carboxylic acids is 1. The van der Waals surface area contributed by atoms with Crippen molar-refractivity contribution < 1.29 is 9.90 Å². The smallest absolute Gasteiger partial charge is 0.267 e. The largest absolute Gasteiger partial charge is 0.400 e. The normalized spacial score (nSPS) is 15.8. The Hall–Kier alpha value is -1.79. The molecule has 4 rings (SSSR count). The molecule has 0 radical (unpaired) electrons. The fraction of sp³-hybridized carbons (Fsp3) is 0.391. The Morgan fingerprint density at radius 1 is 1.00 bits per heavy atom. The molecule has 8 heteroatoms. The molecule has 0 saturated heterocycles. The third-order valence-corrected chi connectivity index (χ3v) is 5.72. The number of amides is 1. The minimum Gasteiger partial charge on any atom is -0.400 e. The summed E-state index contributed by atoms with van der Waals surface area (Å²) in [6.45, 7) is 0.661. The summed E-state index contributed by atoms with van der Waals surface area (Å²) in [5.41, 5.74) is 1.36. The topological polar surface area (TPSA) is 64.9 Å². The molecule has 5 nitrogen and oxygen atoms in total. The number of rotatable bonds is 3. The number of anilines is 1. The first-order valence-corrected chi connectivity index (χ1v) is 11.4. The standard InChI is InChI=1S/C16H19Cl2N3O.C6H5Cl.CH4O/c17-11-6-7-15(13(18)10-11)21-9-8-14(20-21)16(22)19-12-4-2-1-3-5-12;7-6-4-2-1-3-5-6;1-2/h6-7,10,12H,1-5,8-9H2,(H,19,22);1-5H;2H,1H3. The van der Waals surface area contributed by atoms with Gasteiger partial charge in [-0.2, -0.15) is 5.10 Å². The molecule has 1 aliphatic heterocycles. The Bertz CT molecular complexity index is 856. The fourth-order valence-corrected chi connectivity index (χ4v) is 4.06. The molecule has 2 aromatic rings. The van der Waals surface area contributed by atoms with E-state index < -0.39 is 0 Å². The van der Waals surface area contributed by atoms with E-state index in [9.17, 15) is 4.79 Å². The molecule has 168 valence electrons. The highest BCUT2D eigenvalue weighted by Crippen LogP contribution is 2.30. The van der Waals surface area contributed by atoms with Crippen molar-refractivity contribution >= 4 is 52.1 Å². The van der Waals surface area contributed by atoms with E-state index >= 15 is 0 Å². The van der Waals surface area contributed by atoms with Crippen molar-refractivity contribution in [3.63, 3.8) is 0 Å². The lowest BCUT2D eigenvalue weighted by Crippen LogP contribution is -2.39. The van der Waals surface area contributed by atoms with E-state index in [1.165, 1.54) is 19.3 Å². The van der Waals surface area contributed by atoms with E-state index in [0.29, 0.717) is 34.8 Å². The summed E-state index contributed by atoms with van der Waals surface area (Å²) in [4.78, 5) is 12.3. The Morgan fingerprint density at radius 3 is 2.26 bits per heavy atom. The van der Waals surface area contributed by atoms with Gasteiger partial charge in [-0.15, -0.1) is 0 Å². The minimum atomic E-state index is -0.0421. The van der Waals surface area contributed by atoms with Crippen LogP contribution in [0.2, 0.25) is 15.1 Å². The minimum absolute atomic E-state index is 0.0421. The molecule has 2 aromatic carbocycles. The van der Waals surface area contributed by atoms with Gasteiger partial charge in [-0.05, 0) is 43.2 Å². The van der Waals surface area contributed by atoms with Crippen molar-refractivity contribution in [2.75, 3.05) is 18.7 Å². The summed E-state index contributed by atoms with van der Waals surface area (Å²) in [5.74, 6) is -0.0421. The van der Waals surface area contributed by atoms with Gasteiger partial charge in [-0.3, -0.25) is 9.80 Å². The van der Waals surface area contributed by atoms with Crippen LogP contribution in [0.3, 0.4) is 0 Å². The lowest BCUT2D eigenvalue weighted by molar-refractivity contribution is -0.115. The number of nitrogens with zero attached hydrogens (tertiary/aromatic N) is 2. The van der Waals surface area contributed by atoms with Gasteiger partial charge in [0.25, 0.3) is 5.91 Å². The van der Waals surface area contributed by atoms with Gasteiger partial charge in [0.1, 0.15) is 5.71 Å². The molecule has 0 spiro atoms. The van der Waals surface area contributed by atoms with Gasteiger partial charge in [0, 0.05) is 36.2 Å². The van der Waals surface area contributed by atoms with Crippen LogP contribution in [0.15, 0.2) is 53.6 Å². The average Bonchev–Trinajstić information content (AvgIpc) is 3.27. The first-order valence-electron chi connectivity index (χ1n) is 10.3. The summed E-state index contributed by atoms with van der Waals surface area (Å²) in [7, 11) is 1.00. The third-order valence-electron chi connectivity index (χ3n) is 4.93. The zero-order valence-corrected chi connectivity index (χ0v) is 19.8. The molecule has 1 saturated carbocycles. The molecule has 2 aliphatic rings. The molecule has 0 aromatic heterocycles. The molecule has 31 heavy (non-hydrogen) atoms. The van der Waals surface area contributed by atoms with Crippen LogP contribution >= 0.6 is 34.8 Å². The maximum Gasteiger partial charge on any atom is 0.267 e. The second kappa shape index (κ2) is 13.6. The number of aliphatic hydroxyl groups excluding tert-OH is 1. The Balaban J connectivity index is 0.000000319. The molecule has 1 fully saturated rings. The fourth-order valence-electron chi connectivity index (χ4n) is 3.41. The maximum absolute atomic E-state index is 12.3. The van der Waals surface area contributed by atoms with E-state index in [1.54, 1.807) is 17.1 Å². The number of hydrogen-bond acceptors (Lipinski definition) is 4. The summed E-state index contributed by atoms with van der Waals surface area (Å²) in [6, 6.07) is 15.0. The molecule has 2 N–H and O–H groups in total. The van der Waals surface area contributed by atoms with E-state index in [-0.39, 0.29) is 5.91 Å². The number of nitrogens with one attached hydrogen (secondary N) is 1. The van der Waals surface area contributed by atoms with Crippen molar-refractivity contribution in [3.8, 4) is 0 Å². The molecular weight excluding hydrogens is 457 g/mol. The summed E-state index contributed by atoms with van der Waals surface area (Å²) in [6.07, 6.45) is 6.46. The van der Waals surface area contributed by atoms with Crippen LogP contribution in [0.1, 0.15) is 38.5 Å². The molecule has 1 amide bonds. The van der Waals surface area contributed by atoms with Gasteiger partial charge in [-0.25, -0.2) is 0 Å².